The fraction of sp³-hybridized carbons (Fsp3) is 0.756. The zero-order valence-corrected chi connectivity index (χ0v) is 38.0. The van der Waals surface area contributed by atoms with Crippen molar-refractivity contribution < 1.29 is 38.4 Å². The topological polar surface area (TPSA) is 239 Å². The molecule has 0 radical (unpaired) electrons. The molecule has 2 saturated heterocycles. The van der Waals surface area contributed by atoms with Crippen LogP contribution in [-0.4, -0.2) is 121 Å². The Morgan fingerprint density at radius 2 is 1.37 bits per heavy atom. The van der Waals surface area contributed by atoms with E-state index in [9.17, 15) is 29.1 Å². The zero-order chi connectivity index (χ0) is 45.3. The number of nitrogens with one attached hydrogen (secondary N) is 5. The van der Waals surface area contributed by atoms with Crippen molar-refractivity contribution in [2.75, 3.05) is 26.2 Å². The summed E-state index contributed by atoms with van der Waals surface area (Å²) in [5, 5.41) is 24.6. The lowest BCUT2D eigenvalue weighted by atomic mass is 9.15. The first-order valence-corrected chi connectivity index (χ1v) is 23.0. The van der Waals surface area contributed by atoms with Gasteiger partial charge < -0.3 is 57.4 Å². The summed E-state index contributed by atoms with van der Waals surface area (Å²) in [7, 11) is -0.642. The quantitative estimate of drug-likeness (QED) is 0.0702. The number of carbonyl (C=O) groups is 5. The van der Waals surface area contributed by atoms with Gasteiger partial charge in [0.05, 0.1) is 23.8 Å². The number of hydrogen-bond acceptors (Lipinski definition) is 10. The molecule has 2 bridgehead atoms. The van der Waals surface area contributed by atoms with Crippen LogP contribution in [-0.2, 0) is 33.9 Å². The van der Waals surface area contributed by atoms with Crippen LogP contribution in [0.15, 0.2) is 30.3 Å². The van der Waals surface area contributed by atoms with Gasteiger partial charge in [0.15, 0.2) is 0 Å². The summed E-state index contributed by atoms with van der Waals surface area (Å²) < 4.78 is 13.2. The molecule has 6 amide bonds. The standard InChI is InChI=1S/C45H73BN8O8/c1-28(36(56)51-32(17-11-13-21-47)37(57)50-30(3)46-61-34-25-44-26-45(27-44,41(44,4)5)43(34,7)62-46)49-39(59)35(29(2)55)53-38(58)33(18-12-14-22-48)52-40(60)54-23-19-42(6,20-24-54)31-15-9-8-10-16-31/h8-10,15-16,28-30,32-35,55H,11-14,17-27,47-48H2,1-7H3,(H,49,59)(H,50,57)(H,51,56)(H,52,60)(H,53,58)/t28-,29+,30-,32-,33-,34+,35-,43+,44?,45?/m0/s1. The number of urea groups is 1. The minimum atomic E-state index is -1.45. The normalized spacial score (nSPS) is 29.2. The molecule has 6 aliphatic carbocycles. The molecule has 2 aliphatic heterocycles. The van der Waals surface area contributed by atoms with Gasteiger partial charge in [0.25, 0.3) is 0 Å². The maximum atomic E-state index is 13.8. The third-order valence-corrected chi connectivity index (χ3v) is 16.0. The minimum absolute atomic E-state index is 0.0415. The van der Waals surface area contributed by atoms with E-state index >= 15 is 0 Å². The highest BCUT2D eigenvalue weighted by molar-refractivity contribution is 6.47. The number of likely N-dealkylation sites (tertiary alicyclic amines) is 1. The molecule has 8 atom stereocenters. The van der Waals surface area contributed by atoms with Crippen molar-refractivity contribution in [3.05, 3.63) is 35.9 Å². The van der Waals surface area contributed by atoms with Crippen molar-refractivity contribution in [3.63, 3.8) is 0 Å². The van der Waals surface area contributed by atoms with Crippen LogP contribution >= 0.6 is 0 Å². The van der Waals surface area contributed by atoms with Gasteiger partial charge in [0.2, 0.25) is 23.6 Å². The van der Waals surface area contributed by atoms with Crippen LogP contribution in [0.4, 0.5) is 4.79 Å². The molecular formula is C45H73BN8O8. The zero-order valence-electron chi connectivity index (χ0n) is 38.0. The van der Waals surface area contributed by atoms with Crippen molar-refractivity contribution in [2.24, 2.45) is 27.7 Å². The van der Waals surface area contributed by atoms with Crippen LogP contribution in [0.3, 0.4) is 0 Å². The van der Waals surface area contributed by atoms with Gasteiger partial charge in [-0.2, -0.15) is 0 Å². The Bertz CT molecular complexity index is 1790. The lowest BCUT2D eigenvalue weighted by Gasteiger charge is -2.90. The molecule has 1 aromatic carbocycles. The Labute approximate surface area is 368 Å². The van der Waals surface area contributed by atoms with E-state index in [2.05, 4.69) is 66.4 Å². The molecule has 17 heteroatoms. The third kappa shape index (κ3) is 8.85. The number of nitrogens with zero attached hydrogens (tertiary/aromatic N) is 1. The van der Waals surface area contributed by atoms with E-state index in [-0.39, 0.29) is 34.8 Å². The van der Waals surface area contributed by atoms with E-state index in [1.54, 1.807) is 4.90 Å². The summed E-state index contributed by atoms with van der Waals surface area (Å²) in [6.07, 6.45) is 6.31. The first kappa shape index (κ1) is 47.7. The summed E-state index contributed by atoms with van der Waals surface area (Å²) in [4.78, 5) is 70.0. The van der Waals surface area contributed by atoms with Gasteiger partial charge in [-0.25, -0.2) is 4.79 Å². The van der Waals surface area contributed by atoms with Crippen LogP contribution in [0.1, 0.15) is 125 Å². The second-order valence-electron chi connectivity index (χ2n) is 20.1. The summed E-state index contributed by atoms with van der Waals surface area (Å²) in [5.41, 5.74) is 12.7. The average Bonchev–Trinajstić information content (AvgIpc) is 3.60. The van der Waals surface area contributed by atoms with Crippen molar-refractivity contribution in [2.45, 2.75) is 172 Å². The van der Waals surface area contributed by atoms with E-state index in [1.807, 2.05) is 25.1 Å². The van der Waals surface area contributed by atoms with Crippen molar-refractivity contribution in [3.8, 4) is 0 Å². The second-order valence-corrected chi connectivity index (χ2v) is 20.1. The molecule has 0 aromatic heterocycles. The Balaban J connectivity index is 1.02. The number of piperidine rings is 1. The van der Waals surface area contributed by atoms with E-state index in [0.29, 0.717) is 63.7 Å². The fourth-order valence-corrected chi connectivity index (χ4v) is 11.3. The molecule has 8 aliphatic rings. The van der Waals surface area contributed by atoms with Crippen LogP contribution in [0.5, 0.6) is 0 Å². The highest BCUT2D eigenvalue weighted by Gasteiger charge is 2.91. The van der Waals surface area contributed by atoms with Gasteiger partial charge in [-0.1, -0.05) is 51.1 Å². The van der Waals surface area contributed by atoms with Gasteiger partial charge in [-0.3, -0.25) is 19.2 Å². The summed E-state index contributed by atoms with van der Waals surface area (Å²) in [6, 6.07) is 5.30. The number of carbonyl (C=O) groups excluding carboxylic acids is 5. The number of rotatable bonds is 20. The number of unbranched alkanes of at least 4 members (excludes halogenated alkanes) is 2. The molecule has 62 heavy (non-hydrogen) atoms. The molecular weight excluding hydrogens is 791 g/mol. The largest absolute Gasteiger partial charge is 0.481 e. The van der Waals surface area contributed by atoms with Crippen LogP contribution < -0.4 is 38.1 Å². The predicted molar refractivity (Wildman–Crippen MR) is 236 cm³/mol. The summed E-state index contributed by atoms with van der Waals surface area (Å²) in [5.74, 6) is -2.99. The van der Waals surface area contributed by atoms with Crippen molar-refractivity contribution >= 4 is 36.8 Å². The van der Waals surface area contributed by atoms with Crippen LogP contribution in [0, 0.1) is 16.2 Å². The molecule has 10 N–H and O–H groups in total. The Hall–Kier alpha value is -3.77. The lowest BCUT2D eigenvalue weighted by Crippen LogP contribution is -2.88. The van der Waals surface area contributed by atoms with E-state index in [0.717, 1.165) is 32.1 Å². The molecule has 6 saturated carbocycles. The first-order valence-electron chi connectivity index (χ1n) is 23.0. The van der Waals surface area contributed by atoms with Gasteiger partial charge >= 0.3 is 13.1 Å². The smallest absolute Gasteiger partial charge is 0.404 e. The highest BCUT2D eigenvalue weighted by atomic mass is 16.7. The number of amides is 6. The molecule has 344 valence electrons. The summed E-state index contributed by atoms with van der Waals surface area (Å²) in [6.45, 7) is 15.5. The van der Waals surface area contributed by atoms with E-state index in [4.69, 9.17) is 20.8 Å². The maximum Gasteiger partial charge on any atom is 0.481 e. The average molecular weight is 865 g/mol. The Morgan fingerprint density at radius 1 is 0.790 bits per heavy atom. The molecule has 2 heterocycles. The van der Waals surface area contributed by atoms with E-state index in [1.165, 1.54) is 19.4 Å². The van der Waals surface area contributed by atoms with Crippen LogP contribution in [0.25, 0.3) is 0 Å². The number of aliphatic hydroxyl groups excluding tert-OH is 1. The Morgan fingerprint density at radius 3 is 1.94 bits per heavy atom. The maximum absolute atomic E-state index is 13.8. The molecule has 16 nitrogen and oxygen atoms in total. The predicted octanol–water partition coefficient (Wildman–Crippen LogP) is 2.15. The molecule has 0 unspecified atom stereocenters. The number of benzene rings is 1. The first-order chi connectivity index (χ1) is 29.3. The third-order valence-electron chi connectivity index (χ3n) is 16.0. The van der Waals surface area contributed by atoms with Gasteiger partial charge in [0.1, 0.15) is 24.2 Å². The van der Waals surface area contributed by atoms with Gasteiger partial charge in [0, 0.05) is 18.5 Å². The minimum Gasteiger partial charge on any atom is -0.404 e. The van der Waals surface area contributed by atoms with E-state index < -0.39 is 72.6 Å². The fourth-order valence-electron chi connectivity index (χ4n) is 11.3. The van der Waals surface area contributed by atoms with Crippen molar-refractivity contribution in [1.82, 2.24) is 31.5 Å². The SMILES string of the molecule is C[C@H](NC(=O)[C@H](CCCCN)NC(=O)[C@H](C)NC(=O)[C@@H](NC(=O)[C@H](CCCCN)NC(=O)N1CCC(C)(c2ccccc2)CC1)[C@@H](C)O)B1O[C@@H]2CC34CC(C3)(C4(C)C)[C@]2(C)O1. The highest BCUT2D eigenvalue weighted by Crippen LogP contribution is 2.92. The van der Waals surface area contributed by atoms with Crippen LogP contribution in [0.2, 0.25) is 0 Å². The van der Waals surface area contributed by atoms with Gasteiger partial charge in [-0.15, -0.1) is 0 Å². The number of hydrogen-bond donors (Lipinski definition) is 8. The second kappa shape index (κ2) is 18.8. The molecule has 8 fully saturated rings. The number of aliphatic hydroxyl groups is 1. The monoisotopic (exact) mass is 865 g/mol. The van der Waals surface area contributed by atoms with Crippen molar-refractivity contribution in [1.29, 1.82) is 0 Å². The number of nitrogens with two attached hydrogens (primary N) is 2. The molecule has 1 aromatic rings. The lowest BCUT2D eigenvalue weighted by molar-refractivity contribution is -0.434. The Kier molecular flexibility index (Phi) is 14.4. The molecule has 0 spiro atoms. The molecule has 9 rings (SSSR count). The van der Waals surface area contributed by atoms with Gasteiger partial charge in [-0.05, 0) is 133 Å². The summed E-state index contributed by atoms with van der Waals surface area (Å²) >= 11 is 0.